The van der Waals surface area contributed by atoms with Gasteiger partial charge in [-0.2, -0.15) is 0 Å². The Labute approximate surface area is 170 Å². The maximum Gasteiger partial charge on any atom is 0.330 e. The van der Waals surface area contributed by atoms with Crippen LogP contribution in [0.25, 0.3) is 27.8 Å². The molecule has 142 valence electrons. The number of rotatable bonds is 2. The first kappa shape index (κ1) is 18.5. The lowest BCUT2D eigenvalue weighted by Crippen LogP contribution is -2.36. The van der Waals surface area contributed by atoms with Crippen molar-refractivity contribution in [3.8, 4) is 16.9 Å². The van der Waals surface area contributed by atoms with E-state index in [1.165, 1.54) is 11.6 Å². The Bertz CT molecular complexity index is 1340. The molecule has 4 rings (SSSR count). The molecule has 6 heteroatoms. The second kappa shape index (κ2) is 6.63. The second-order valence-electron chi connectivity index (χ2n) is 7.17. The van der Waals surface area contributed by atoms with E-state index in [2.05, 4.69) is 34.1 Å². The van der Waals surface area contributed by atoms with Crippen LogP contribution in [0, 0.1) is 13.8 Å². The van der Waals surface area contributed by atoms with E-state index in [-0.39, 0.29) is 11.2 Å². The standard InChI is InChI=1S/C22H20BrN3O2/c1-13-8-14(2)10-17(9-13)26-12-18-19(21(27)25(4)22(28)24(18)3)20(26)15-6-5-7-16(23)11-15/h5-12H,1-4H3. The molecule has 0 N–H and O–H groups in total. The Kier molecular flexibility index (Phi) is 4.38. The average Bonchev–Trinajstić information content (AvgIpc) is 3.05. The lowest BCUT2D eigenvalue weighted by molar-refractivity contribution is 0.714. The molecule has 0 bridgehead atoms. The molecule has 0 aliphatic heterocycles. The van der Waals surface area contributed by atoms with Crippen LogP contribution in [0.5, 0.6) is 0 Å². The minimum Gasteiger partial charge on any atom is -0.314 e. The van der Waals surface area contributed by atoms with Crippen molar-refractivity contribution in [2.75, 3.05) is 0 Å². The van der Waals surface area contributed by atoms with Crippen molar-refractivity contribution in [2.24, 2.45) is 14.1 Å². The smallest absolute Gasteiger partial charge is 0.314 e. The number of hydrogen-bond acceptors (Lipinski definition) is 2. The number of hydrogen-bond donors (Lipinski definition) is 0. The van der Waals surface area contributed by atoms with Crippen LogP contribution in [0.1, 0.15) is 11.1 Å². The van der Waals surface area contributed by atoms with Gasteiger partial charge in [0.05, 0.1) is 16.6 Å². The first-order valence-electron chi connectivity index (χ1n) is 8.93. The van der Waals surface area contributed by atoms with E-state index >= 15 is 0 Å². The van der Waals surface area contributed by atoms with Crippen molar-refractivity contribution >= 4 is 26.8 Å². The summed E-state index contributed by atoms with van der Waals surface area (Å²) in [6, 6.07) is 14.1. The Hall–Kier alpha value is -2.86. The van der Waals surface area contributed by atoms with E-state index in [1.54, 1.807) is 7.05 Å². The molecule has 0 aliphatic carbocycles. The van der Waals surface area contributed by atoms with Crippen LogP contribution in [-0.2, 0) is 14.1 Å². The number of fused-ring (bicyclic) bond motifs is 1. The van der Waals surface area contributed by atoms with Gasteiger partial charge in [-0.25, -0.2) is 4.79 Å². The highest BCUT2D eigenvalue weighted by molar-refractivity contribution is 9.10. The molecule has 0 aliphatic rings. The number of halogens is 1. The summed E-state index contributed by atoms with van der Waals surface area (Å²) < 4.78 is 5.62. The van der Waals surface area contributed by atoms with Crippen LogP contribution >= 0.6 is 15.9 Å². The molecule has 4 aromatic rings. The largest absolute Gasteiger partial charge is 0.330 e. The Morgan fingerprint density at radius 3 is 2.21 bits per heavy atom. The normalized spacial score (nSPS) is 11.3. The van der Waals surface area contributed by atoms with Crippen molar-refractivity contribution in [1.29, 1.82) is 0 Å². The van der Waals surface area contributed by atoms with Crippen molar-refractivity contribution in [3.63, 3.8) is 0 Å². The molecule has 0 fully saturated rings. The lowest BCUT2D eigenvalue weighted by Gasteiger charge is -2.12. The van der Waals surface area contributed by atoms with Gasteiger partial charge in [0, 0.05) is 36.0 Å². The summed E-state index contributed by atoms with van der Waals surface area (Å²) in [7, 11) is 3.21. The summed E-state index contributed by atoms with van der Waals surface area (Å²) in [5.74, 6) is 0. The summed E-state index contributed by atoms with van der Waals surface area (Å²) >= 11 is 3.53. The fraction of sp³-hybridized carbons (Fsp3) is 0.182. The van der Waals surface area contributed by atoms with Crippen LogP contribution in [-0.4, -0.2) is 13.7 Å². The Balaban J connectivity index is 2.23. The minimum atomic E-state index is -0.337. The predicted molar refractivity (Wildman–Crippen MR) is 116 cm³/mol. The van der Waals surface area contributed by atoms with Crippen molar-refractivity contribution < 1.29 is 0 Å². The van der Waals surface area contributed by atoms with Gasteiger partial charge in [0.15, 0.2) is 0 Å². The molecule has 2 heterocycles. The zero-order chi connectivity index (χ0) is 20.2. The molecular formula is C22H20BrN3O2. The summed E-state index contributed by atoms with van der Waals surface area (Å²) in [4.78, 5) is 25.6. The van der Waals surface area contributed by atoms with Gasteiger partial charge in [-0.3, -0.25) is 13.9 Å². The second-order valence-corrected chi connectivity index (χ2v) is 8.09. The van der Waals surface area contributed by atoms with E-state index in [0.29, 0.717) is 10.9 Å². The lowest BCUT2D eigenvalue weighted by atomic mass is 10.1. The third-order valence-electron chi connectivity index (χ3n) is 5.02. The van der Waals surface area contributed by atoms with E-state index in [0.717, 1.165) is 37.1 Å². The highest BCUT2D eigenvalue weighted by Crippen LogP contribution is 2.32. The number of aryl methyl sites for hydroxylation is 3. The van der Waals surface area contributed by atoms with Gasteiger partial charge in [-0.1, -0.05) is 34.1 Å². The first-order chi connectivity index (χ1) is 13.3. The summed E-state index contributed by atoms with van der Waals surface area (Å²) in [6.45, 7) is 4.10. The highest BCUT2D eigenvalue weighted by atomic mass is 79.9. The van der Waals surface area contributed by atoms with E-state index < -0.39 is 0 Å². The quantitative estimate of drug-likeness (QED) is 0.474. The van der Waals surface area contributed by atoms with Gasteiger partial charge >= 0.3 is 5.69 Å². The van der Waals surface area contributed by atoms with Crippen LogP contribution in [0.2, 0.25) is 0 Å². The summed E-state index contributed by atoms with van der Waals surface area (Å²) in [6.07, 6.45) is 1.88. The molecule has 0 atom stereocenters. The van der Waals surface area contributed by atoms with Gasteiger partial charge in [0.1, 0.15) is 0 Å². The molecule has 0 saturated carbocycles. The topological polar surface area (TPSA) is 48.9 Å². The van der Waals surface area contributed by atoms with E-state index in [9.17, 15) is 9.59 Å². The molecule has 0 spiro atoms. The Morgan fingerprint density at radius 1 is 0.893 bits per heavy atom. The molecule has 0 saturated heterocycles. The molecule has 0 unspecified atom stereocenters. The van der Waals surface area contributed by atoms with Gasteiger partial charge < -0.3 is 4.57 Å². The van der Waals surface area contributed by atoms with Crippen LogP contribution < -0.4 is 11.2 Å². The maximum absolute atomic E-state index is 13.1. The number of benzene rings is 2. The molecule has 2 aromatic carbocycles. The van der Waals surface area contributed by atoms with Gasteiger partial charge in [-0.15, -0.1) is 0 Å². The fourth-order valence-electron chi connectivity index (χ4n) is 3.75. The number of aromatic nitrogens is 3. The van der Waals surface area contributed by atoms with Crippen molar-refractivity contribution in [3.05, 3.63) is 85.1 Å². The van der Waals surface area contributed by atoms with Crippen LogP contribution in [0.4, 0.5) is 0 Å². The summed E-state index contributed by atoms with van der Waals surface area (Å²) in [5, 5.41) is 0.529. The van der Waals surface area contributed by atoms with Crippen molar-refractivity contribution in [2.45, 2.75) is 13.8 Å². The Morgan fingerprint density at radius 2 is 1.57 bits per heavy atom. The maximum atomic E-state index is 13.1. The third kappa shape index (κ3) is 2.85. The van der Waals surface area contributed by atoms with Crippen LogP contribution in [0.3, 0.4) is 0 Å². The molecule has 0 amide bonds. The predicted octanol–water partition coefficient (Wildman–Crippen LogP) is 4.07. The average molecular weight is 438 g/mol. The zero-order valence-electron chi connectivity index (χ0n) is 16.2. The first-order valence-corrected chi connectivity index (χ1v) is 9.73. The molecule has 28 heavy (non-hydrogen) atoms. The monoisotopic (exact) mass is 437 g/mol. The van der Waals surface area contributed by atoms with Crippen molar-refractivity contribution in [1.82, 2.24) is 13.7 Å². The minimum absolute atomic E-state index is 0.295. The van der Waals surface area contributed by atoms with E-state index in [4.69, 9.17) is 0 Å². The molecule has 5 nitrogen and oxygen atoms in total. The summed E-state index contributed by atoms with van der Waals surface area (Å²) in [5.41, 5.74) is 4.88. The van der Waals surface area contributed by atoms with Gasteiger partial charge in [0.25, 0.3) is 5.56 Å². The molecule has 0 radical (unpaired) electrons. The van der Waals surface area contributed by atoms with Gasteiger partial charge in [-0.05, 0) is 49.2 Å². The number of nitrogens with zero attached hydrogens (tertiary/aromatic N) is 3. The fourth-order valence-corrected chi connectivity index (χ4v) is 4.15. The third-order valence-corrected chi connectivity index (χ3v) is 5.51. The van der Waals surface area contributed by atoms with Gasteiger partial charge in [0.2, 0.25) is 0 Å². The zero-order valence-corrected chi connectivity index (χ0v) is 17.7. The molecular weight excluding hydrogens is 418 g/mol. The molecule has 2 aromatic heterocycles. The highest BCUT2D eigenvalue weighted by Gasteiger charge is 2.20. The van der Waals surface area contributed by atoms with E-state index in [1.807, 2.05) is 48.9 Å². The SMILES string of the molecule is Cc1cc(C)cc(-n2cc3c(c2-c2cccc(Br)c2)c(=O)n(C)c(=O)n3C)c1. The van der Waals surface area contributed by atoms with Crippen LogP contribution in [0.15, 0.2) is 62.7 Å².